The number of esters is 1. The lowest BCUT2D eigenvalue weighted by Crippen LogP contribution is -2.63. The van der Waals surface area contributed by atoms with Crippen LogP contribution in [0, 0.1) is 0 Å². The van der Waals surface area contributed by atoms with Crippen LogP contribution in [0.5, 0.6) is 0 Å². The smallest absolute Gasteiger partial charge is 0.373 e. The van der Waals surface area contributed by atoms with Crippen LogP contribution in [0.3, 0.4) is 0 Å². The number of carbonyl (C=O) groups excluding carboxylic acids is 1. The Bertz CT molecular complexity index is 569. The maximum absolute atomic E-state index is 11.9. The zero-order valence-electron chi connectivity index (χ0n) is 18.4. The average molecular weight is 436 g/mol. The molecule has 8 atom stereocenters. The van der Waals surface area contributed by atoms with Gasteiger partial charge in [-0.3, -0.25) is 0 Å². The lowest BCUT2D eigenvalue weighted by atomic mass is 9.98. The predicted octanol–water partition coefficient (Wildman–Crippen LogP) is -0.137. The van der Waals surface area contributed by atoms with E-state index in [-0.39, 0.29) is 12.4 Å². The lowest BCUT2D eigenvalue weighted by molar-refractivity contribution is -0.345. The van der Waals surface area contributed by atoms with Gasteiger partial charge in [-0.15, -0.1) is 0 Å². The van der Waals surface area contributed by atoms with E-state index in [4.69, 9.17) is 47.4 Å². The van der Waals surface area contributed by atoms with Crippen molar-refractivity contribution in [2.75, 3.05) is 56.4 Å². The fourth-order valence-corrected chi connectivity index (χ4v) is 3.62. The molecule has 11 heteroatoms. The second-order valence-electron chi connectivity index (χ2n) is 6.64. The number of ether oxygens (including phenoxy) is 10. The minimum absolute atomic E-state index is 0.0321. The van der Waals surface area contributed by atoms with Crippen LogP contribution in [0.4, 0.5) is 0 Å². The van der Waals surface area contributed by atoms with E-state index in [2.05, 4.69) is 0 Å². The molecule has 0 aromatic heterocycles. The van der Waals surface area contributed by atoms with Gasteiger partial charge < -0.3 is 47.4 Å². The molecule has 0 aromatic carbocycles. The third-order valence-electron chi connectivity index (χ3n) is 5.07. The molecular formula is C19H32O11. The third-order valence-corrected chi connectivity index (χ3v) is 5.07. The molecule has 30 heavy (non-hydrogen) atoms. The summed E-state index contributed by atoms with van der Waals surface area (Å²) in [6, 6.07) is 0. The van der Waals surface area contributed by atoms with Crippen molar-refractivity contribution in [3.05, 3.63) is 11.8 Å². The first-order valence-corrected chi connectivity index (χ1v) is 9.40. The van der Waals surface area contributed by atoms with E-state index in [1.807, 2.05) is 0 Å². The van der Waals surface area contributed by atoms with Crippen LogP contribution in [0.25, 0.3) is 0 Å². The fourth-order valence-electron chi connectivity index (χ4n) is 3.62. The van der Waals surface area contributed by atoms with Gasteiger partial charge in [-0.25, -0.2) is 4.79 Å². The molecule has 0 bridgehead atoms. The van der Waals surface area contributed by atoms with Crippen LogP contribution in [-0.2, 0) is 52.2 Å². The van der Waals surface area contributed by atoms with Crippen molar-refractivity contribution < 1.29 is 52.2 Å². The number of methoxy groups -OCH3 is 7. The SMILES string of the molecule is COCC1OC(OC2C(OC)C=C(C(=O)OC)OC2OC)C(OC)C(OC)C1OC. The van der Waals surface area contributed by atoms with Gasteiger partial charge in [-0.2, -0.15) is 0 Å². The number of hydrogen-bond donors (Lipinski definition) is 0. The Hall–Kier alpha value is -1.31. The minimum atomic E-state index is -0.961. The number of hydrogen-bond acceptors (Lipinski definition) is 11. The summed E-state index contributed by atoms with van der Waals surface area (Å²) in [5, 5.41) is 0. The zero-order valence-corrected chi connectivity index (χ0v) is 18.4. The number of carbonyl (C=O) groups is 1. The summed E-state index contributed by atoms with van der Waals surface area (Å²) in [7, 11) is 10.4. The molecule has 0 aromatic rings. The minimum Gasteiger partial charge on any atom is -0.463 e. The van der Waals surface area contributed by atoms with Gasteiger partial charge in [0.15, 0.2) is 12.4 Å². The van der Waals surface area contributed by atoms with Crippen LogP contribution >= 0.6 is 0 Å². The molecule has 1 saturated heterocycles. The molecule has 1 fully saturated rings. The third kappa shape index (κ3) is 5.29. The number of rotatable bonds is 10. The summed E-state index contributed by atoms with van der Waals surface area (Å²) >= 11 is 0. The largest absolute Gasteiger partial charge is 0.463 e. The van der Waals surface area contributed by atoms with Crippen molar-refractivity contribution in [3.8, 4) is 0 Å². The van der Waals surface area contributed by atoms with Gasteiger partial charge in [-0.05, 0) is 6.08 Å². The molecule has 2 rings (SSSR count). The Morgan fingerprint density at radius 3 is 2.00 bits per heavy atom. The normalized spacial score (nSPS) is 36.7. The average Bonchev–Trinajstić information content (AvgIpc) is 2.77. The molecule has 174 valence electrons. The van der Waals surface area contributed by atoms with Crippen LogP contribution < -0.4 is 0 Å². The summed E-state index contributed by atoms with van der Waals surface area (Å²) in [4.78, 5) is 11.9. The molecule has 0 saturated carbocycles. The molecule has 2 aliphatic rings. The first-order valence-electron chi connectivity index (χ1n) is 9.40. The van der Waals surface area contributed by atoms with Gasteiger partial charge in [-0.1, -0.05) is 0 Å². The van der Waals surface area contributed by atoms with Gasteiger partial charge >= 0.3 is 5.97 Å². The zero-order chi connectivity index (χ0) is 22.3. The van der Waals surface area contributed by atoms with E-state index in [9.17, 15) is 4.79 Å². The van der Waals surface area contributed by atoms with Crippen LogP contribution in [-0.4, -0.2) is 112 Å². The first kappa shape index (κ1) is 25.0. The van der Waals surface area contributed by atoms with Gasteiger partial charge in [0.05, 0.1) is 13.7 Å². The van der Waals surface area contributed by atoms with Gasteiger partial charge in [0.1, 0.15) is 30.5 Å². The molecule has 11 nitrogen and oxygen atoms in total. The van der Waals surface area contributed by atoms with Crippen molar-refractivity contribution in [2.45, 2.75) is 49.2 Å². The quantitative estimate of drug-likeness (QED) is 0.427. The lowest BCUT2D eigenvalue weighted by Gasteiger charge is -2.46. The monoisotopic (exact) mass is 436 g/mol. The highest BCUT2D eigenvalue weighted by molar-refractivity contribution is 5.86. The highest BCUT2D eigenvalue weighted by Gasteiger charge is 2.50. The Morgan fingerprint density at radius 2 is 1.50 bits per heavy atom. The van der Waals surface area contributed by atoms with E-state index in [0.717, 1.165) is 0 Å². The highest BCUT2D eigenvalue weighted by Crippen LogP contribution is 2.32. The Morgan fingerprint density at radius 1 is 0.833 bits per heavy atom. The summed E-state index contributed by atoms with van der Waals surface area (Å²) in [6.07, 6.45) is -3.88. The van der Waals surface area contributed by atoms with Crippen molar-refractivity contribution in [3.63, 3.8) is 0 Å². The Labute approximate surface area is 176 Å². The van der Waals surface area contributed by atoms with Crippen LogP contribution in [0.15, 0.2) is 11.8 Å². The molecule has 0 N–H and O–H groups in total. The molecule has 0 radical (unpaired) electrons. The van der Waals surface area contributed by atoms with Crippen LogP contribution in [0.2, 0.25) is 0 Å². The maximum atomic E-state index is 11.9. The second-order valence-corrected chi connectivity index (χ2v) is 6.64. The summed E-state index contributed by atoms with van der Waals surface area (Å²) < 4.78 is 55.6. The van der Waals surface area contributed by atoms with Gasteiger partial charge in [0, 0.05) is 42.7 Å². The molecule has 2 heterocycles. The topological polar surface area (TPSA) is 109 Å². The van der Waals surface area contributed by atoms with Crippen molar-refractivity contribution >= 4 is 5.97 Å². The standard InChI is InChI=1S/C19H32O11/c1-21-9-12-13(23-3)15(24-4)16(25-5)19(29-12)30-14-10(22-2)8-11(17(20)26-6)28-18(14)27-7/h8,10,12-16,18-19H,9H2,1-7H3. The Balaban J connectivity index is 2.29. The molecule has 8 unspecified atom stereocenters. The predicted molar refractivity (Wildman–Crippen MR) is 101 cm³/mol. The van der Waals surface area contributed by atoms with E-state index >= 15 is 0 Å². The Kier molecular flexibility index (Phi) is 9.91. The van der Waals surface area contributed by atoms with Crippen molar-refractivity contribution in [1.29, 1.82) is 0 Å². The first-order chi connectivity index (χ1) is 14.5. The van der Waals surface area contributed by atoms with Crippen molar-refractivity contribution in [1.82, 2.24) is 0 Å². The molecular weight excluding hydrogens is 404 g/mol. The second kappa shape index (κ2) is 11.9. The van der Waals surface area contributed by atoms with E-state index in [1.165, 1.54) is 34.5 Å². The van der Waals surface area contributed by atoms with Gasteiger partial charge in [0.25, 0.3) is 0 Å². The van der Waals surface area contributed by atoms with E-state index in [1.54, 1.807) is 21.3 Å². The van der Waals surface area contributed by atoms with Gasteiger partial charge in [0.2, 0.25) is 12.0 Å². The molecule has 0 aliphatic carbocycles. The van der Waals surface area contributed by atoms with Crippen LogP contribution in [0.1, 0.15) is 0 Å². The van der Waals surface area contributed by atoms with Crippen molar-refractivity contribution in [2.24, 2.45) is 0 Å². The summed E-state index contributed by atoms with van der Waals surface area (Å²) in [5.74, 6) is -0.681. The molecule has 0 spiro atoms. The molecule has 0 amide bonds. The van der Waals surface area contributed by atoms with E-state index < -0.39 is 55.2 Å². The highest BCUT2D eigenvalue weighted by atomic mass is 16.8. The summed E-state index contributed by atoms with van der Waals surface area (Å²) in [5.41, 5.74) is 0. The summed E-state index contributed by atoms with van der Waals surface area (Å²) in [6.45, 7) is 0.254. The van der Waals surface area contributed by atoms with E-state index in [0.29, 0.717) is 0 Å². The maximum Gasteiger partial charge on any atom is 0.373 e. The fraction of sp³-hybridized carbons (Fsp3) is 0.842. The molecule has 2 aliphatic heterocycles.